The van der Waals surface area contributed by atoms with Crippen LogP contribution in [0.2, 0.25) is 0 Å². The molecule has 8 rings (SSSR count). The van der Waals surface area contributed by atoms with E-state index >= 15 is 0 Å². The predicted molar refractivity (Wildman–Crippen MR) is 138 cm³/mol. The molecule has 0 saturated heterocycles. The average Bonchev–Trinajstić information content (AvgIpc) is 3.42. The Bertz CT molecular complexity index is 1270. The first-order valence-electron chi connectivity index (χ1n) is 13.5. The number of aromatic nitrogens is 2. The molecule has 0 radical (unpaired) electrons. The van der Waals surface area contributed by atoms with E-state index in [0.717, 1.165) is 57.1 Å². The summed E-state index contributed by atoms with van der Waals surface area (Å²) in [5.41, 5.74) is 4.46. The smallest absolute Gasteiger partial charge is 0.315 e. The van der Waals surface area contributed by atoms with Gasteiger partial charge in [-0.2, -0.15) is 0 Å². The quantitative estimate of drug-likeness (QED) is 0.447. The SMILES string of the molecule is O=C(NC12CCC(C(O)CC3c4ccccc4-c4cncn43)(CC1)CC2)NC1(c2ccccc2)CC1. The Morgan fingerprint density at radius 2 is 1.64 bits per heavy atom. The van der Waals surface area contributed by atoms with Crippen LogP contribution in [0.3, 0.4) is 0 Å². The molecule has 2 atom stereocenters. The first-order chi connectivity index (χ1) is 17.5. The Labute approximate surface area is 212 Å². The number of nitrogens with one attached hydrogen (secondary N) is 2. The van der Waals surface area contributed by atoms with Crippen LogP contribution in [-0.4, -0.2) is 32.3 Å². The second-order valence-electron chi connectivity index (χ2n) is 11.7. The number of benzene rings is 2. The minimum Gasteiger partial charge on any atom is -0.392 e. The number of hydrogen-bond acceptors (Lipinski definition) is 3. The average molecular weight is 483 g/mol. The third kappa shape index (κ3) is 3.41. The topological polar surface area (TPSA) is 79.2 Å². The van der Waals surface area contributed by atoms with Crippen LogP contribution in [-0.2, 0) is 5.54 Å². The first-order valence-corrected chi connectivity index (χ1v) is 13.5. The maximum atomic E-state index is 13.1. The molecule has 2 aromatic carbocycles. The fraction of sp³-hybridized carbons (Fsp3) is 0.467. The van der Waals surface area contributed by atoms with Crippen molar-refractivity contribution in [3.63, 3.8) is 0 Å². The minimum atomic E-state index is -0.371. The summed E-state index contributed by atoms with van der Waals surface area (Å²) in [7, 11) is 0. The molecule has 2 bridgehead atoms. The van der Waals surface area contributed by atoms with Crippen molar-refractivity contribution in [2.45, 2.75) is 81.0 Å². The molecule has 6 nitrogen and oxygen atoms in total. The number of aliphatic hydroxyl groups excluding tert-OH is 1. The Morgan fingerprint density at radius 1 is 0.944 bits per heavy atom. The van der Waals surface area contributed by atoms with E-state index in [2.05, 4.69) is 56.6 Å². The molecule has 0 spiro atoms. The highest BCUT2D eigenvalue weighted by atomic mass is 16.3. The van der Waals surface area contributed by atoms with Gasteiger partial charge in [0.25, 0.3) is 0 Å². The fourth-order valence-electron chi connectivity index (χ4n) is 7.39. The molecule has 36 heavy (non-hydrogen) atoms. The number of amides is 2. The molecule has 3 aromatic rings. The third-order valence-corrected chi connectivity index (χ3v) is 9.86. The lowest BCUT2D eigenvalue weighted by Crippen LogP contribution is -2.61. The van der Waals surface area contributed by atoms with Crippen molar-refractivity contribution in [2.75, 3.05) is 0 Å². The van der Waals surface area contributed by atoms with Gasteiger partial charge in [0.15, 0.2) is 0 Å². The summed E-state index contributed by atoms with van der Waals surface area (Å²) in [6, 6.07) is 18.9. The first kappa shape index (κ1) is 22.1. The van der Waals surface area contributed by atoms with Gasteiger partial charge >= 0.3 is 6.03 Å². The molecular weight excluding hydrogens is 448 g/mol. The van der Waals surface area contributed by atoms with Crippen LogP contribution in [0.25, 0.3) is 11.3 Å². The highest BCUT2D eigenvalue weighted by Gasteiger charge is 2.54. The van der Waals surface area contributed by atoms with Gasteiger partial charge in [-0.3, -0.25) is 0 Å². The molecule has 2 amide bonds. The maximum Gasteiger partial charge on any atom is 0.315 e. The summed E-state index contributed by atoms with van der Waals surface area (Å²) >= 11 is 0. The van der Waals surface area contributed by atoms with Gasteiger partial charge < -0.3 is 20.3 Å². The monoisotopic (exact) mass is 482 g/mol. The highest BCUT2D eigenvalue weighted by molar-refractivity contribution is 5.76. The number of carbonyl (C=O) groups is 1. The van der Waals surface area contributed by atoms with Crippen molar-refractivity contribution in [3.05, 3.63) is 78.2 Å². The van der Waals surface area contributed by atoms with Gasteiger partial charge in [-0.25, -0.2) is 9.78 Å². The summed E-state index contributed by atoms with van der Waals surface area (Å²) in [4.78, 5) is 17.5. The lowest BCUT2D eigenvalue weighted by molar-refractivity contribution is -0.0735. The van der Waals surface area contributed by atoms with Crippen molar-refractivity contribution >= 4 is 6.03 Å². The number of carbonyl (C=O) groups excluding carboxylic acids is 1. The van der Waals surface area contributed by atoms with Crippen molar-refractivity contribution in [3.8, 4) is 11.3 Å². The number of aliphatic hydroxyl groups is 1. The van der Waals surface area contributed by atoms with Gasteiger partial charge in [0.2, 0.25) is 0 Å². The van der Waals surface area contributed by atoms with E-state index in [-0.39, 0.29) is 34.7 Å². The molecule has 3 N–H and O–H groups in total. The summed E-state index contributed by atoms with van der Waals surface area (Å²) in [6.45, 7) is 0. The zero-order chi connectivity index (χ0) is 24.4. The normalized spacial score (nSPS) is 29.8. The van der Waals surface area contributed by atoms with E-state index in [4.69, 9.17) is 0 Å². The van der Waals surface area contributed by atoms with E-state index in [1.807, 2.05) is 30.7 Å². The van der Waals surface area contributed by atoms with Gasteiger partial charge in [0, 0.05) is 11.1 Å². The molecule has 1 aromatic heterocycles. The second kappa shape index (κ2) is 7.94. The van der Waals surface area contributed by atoms with Gasteiger partial charge in [0.05, 0.1) is 35.9 Å². The number of rotatable bonds is 6. The van der Waals surface area contributed by atoms with Crippen LogP contribution in [0.5, 0.6) is 0 Å². The third-order valence-electron chi connectivity index (χ3n) is 9.86. The van der Waals surface area contributed by atoms with Gasteiger partial charge in [0.1, 0.15) is 0 Å². The summed E-state index contributed by atoms with van der Waals surface area (Å²) in [6.07, 6.45) is 11.9. The maximum absolute atomic E-state index is 13.1. The Balaban J connectivity index is 1.01. The van der Waals surface area contributed by atoms with Crippen molar-refractivity contribution in [2.24, 2.45) is 5.41 Å². The van der Waals surface area contributed by atoms with Gasteiger partial charge in [-0.1, -0.05) is 54.6 Å². The summed E-state index contributed by atoms with van der Waals surface area (Å²) < 4.78 is 2.23. The molecule has 1 aliphatic heterocycles. The number of imidazole rings is 1. The molecule has 5 aliphatic rings. The molecule has 186 valence electrons. The largest absolute Gasteiger partial charge is 0.392 e. The van der Waals surface area contributed by atoms with Gasteiger partial charge in [-0.15, -0.1) is 0 Å². The van der Waals surface area contributed by atoms with Crippen LogP contribution >= 0.6 is 0 Å². The number of fused-ring (bicyclic) bond motifs is 6. The fourth-order valence-corrected chi connectivity index (χ4v) is 7.39. The van der Waals surface area contributed by atoms with E-state index in [9.17, 15) is 9.90 Å². The van der Waals surface area contributed by atoms with Crippen molar-refractivity contribution in [1.29, 1.82) is 0 Å². The molecule has 2 heterocycles. The Kier molecular flexibility index (Phi) is 4.88. The lowest BCUT2D eigenvalue weighted by Gasteiger charge is -2.55. The zero-order valence-electron chi connectivity index (χ0n) is 20.6. The number of hydrogen-bond donors (Lipinski definition) is 3. The predicted octanol–water partition coefficient (Wildman–Crippen LogP) is 5.29. The molecule has 6 heteroatoms. The van der Waals surface area contributed by atoms with E-state index in [1.54, 1.807) is 0 Å². The van der Waals surface area contributed by atoms with Crippen LogP contribution < -0.4 is 10.6 Å². The molecular formula is C30H34N4O2. The highest BCUT2D eigenvalue weighted by Crippen LogP contribution is 2.56. The lowest BCUT2D eigenvalue weighted by atomic mass is 9.54. The Hall–Kier alpha value is -3.12. The number of urea groups is 1. The van der Waals surface area contributed by atoms with Gasteiger partial charge in [-0.05, 0) is 74.3 Å². The van der Waals surface area contributed by atoms with E-state index < -0.39 is 0 Å². The van der Waals surface area contributed by atoms with Crippen LogP contribution in [0.15, 0.2) is 67.1 Å². The number of nitrogens with zero attached hydrogens (tertiary/aromatic N) is 2. The van der Waals surface area contributed by atoms with E-state index in [1.165, 1.54) is 16.7 Å². The van der Waals surface area contributed by atoms with Crippen LogP contribution in [0.4, 0.5) is 4.79 Å². The molecule has 4 aliphatic carbocycles. The summed E-state index contributed by atoms with van der Waals surface area (Å²) in [5, 5.41) is 18.3. The zero-order valence-corrected chi connectivity index (χ0v) is 20.6. The second-order valence-corrected chi connectivity index (χ2v) is 11.7. The van der Waals surface area contributed by atoms with Crippen molar-refractivity contribution in [1.82, 2.24) is 20.2 Å². The molecule has 4 fully saturated rings. The van der Waals surface area contributed by atoms with Crippen LogP contribution in [0.1, 0.15) is 75.0 Å². The van der Waals surface area contributed by atoms with Crippen LogP contribution in [0, 0.1) is 5.41 Å². The molecule has 2 unspecified atom stereocenters. The molecule has 4 saturated carbocycles. The summed E-state index contributed by atoms with van der Waals surface area (Å²) in [5.74, 6) is 0. The standard InChI is InChI=1S/C30H34N4O2/c35-26(18-24-22-8-4-5-9-23(22)25-19-31-20-34(24)25)28-10-13-29(14-11-28,15-12-28)32-27(36)33-30(16-17-30)21-6-2-1-3-7-21/h1-9,19-20,24,26,35H,10-18H2,(H2,32,33,36). The Morgan fingerprint density at radius 3 is 2.36 bits per heavy atom. The minimum absolute atomic E-state index is 0.0403. The van der Waals surface area contributed by atoms with E-state index in [0.29, 0.717) is 6.42 Å². The van der Waals surface area contributed by atoms with Crippen molar-refractivity contribution < 1.29 is 9.90 Å².